The molecule has 8 heteroatoms. The Hall–Kier alpha value is -2.58. The molecule has 124 valence electrons. The van der Waals surface area contributed by atoms with E-state index < -0.39 is 0 Å². The number of ether oxygens (including phenoxy) is 2. The van der Waals surface area contributed by atoms with Crippen LogP contribution in [-0.4, -0.2) is 33.7 Å². The Morgan fingerprint density at radius 1 is 1.25 bits per heavy atom. The van der Waals surface area contributed by atoms with Gasteiger partial charge in [0.2, 0.25) is 0 Å². The summed E-state index contributed by atoms with van der Waals surface area (Å²) in [7, 11) is 0. The zero-order valence-corrected chi connectivity index (χ0v) is 13.8. The van der Waals surface area contributed by atoms with Crippen molar-refractivity contribution in [3.05, 3.63) is 46.2 Å². The van der Waals surface area contributed by atoms with Crippen LogP contribution in [0, 0.1) is 0 Å². The third-order valence-electron chi connectivity index (χ3n) is 3.18. The van der Waals surface area contributed by atoms with Gasteiger partial charge < -0.3 is 9.47 Å². The summed E-state index contributed by atoms with van der Waals surface area (Å²) in [6, 6.07) is 9.51. The Morgan fingerprint density at radius 3 is 2.79 bits per heavy atom. The lowest BCUT2D eigenvalue weighted by atomic mass is 10.2. The highest BCUT2D eigenvalue weighted by atomic mass is 32.1. The van der Waals surface area contributed by atoms with E-state index in [1.165, 1.54) is 13.3 Å². The summed E-state index contributed by atoms with van der Waals surface area (Å²) in [6.07, 6.45) is 1.52. The molecule has 0 amide bonds. The number of nitrogens with zero attached hydrogens (tertiary/aromatic N) is 3. The third kappa shape index (κ3) is 3.66. The predicted molar refractivity (Wildman–Crippen MR) is 89.7 cm³/mol. The van der Waals surface area contributed by atoms with Crippen LogP contribution in [0.2, 0.25) is 0 Å². The van der Waals surface area contributed by atoms with Crippen LogP contribution in [0.3, 0.4) is 0 Å². The average molecular weight is 345 g/mol. The zero-order valence-electron chi connectivity index (χ0n) is 13.0. The van der Waals surface area contributed by atoms with Crippen LogP contribution in [0.5, 0.6) is 0 Å². The number of fused-ring (bicyclic) bond motifs is 1. The van der Waals surface area contributed by atoms with Crippen molar-refractivity contribution in [3.63, 3.8) is 0 Å². The van der Waals surface area contributed by atoms with E-state index in [2.05, 4.69) is 9.97 Å². The molecule has 0 N–H and O–H groups in total. The highest BCUT2D eigenvalue weighted by Gasteiger charge is 2.12. The van der Waals surface area contributed by atoms with Crippen LogP contribution in [0.1, 0.15) is 6.92 Å². The number of esters is 1. The zero-order chi connectivity index (χ0) is 16.9. The molecule has 0 saturated carbocycles. The molecular formula is C16H15N3O4S. The molecule has 0 radical (unpaired) electrons. The molecule has 0 bridgehead atoms. The number of benzene rings is 1. The van der Waals surface area contributed by atoms with E-state index >= 15 is 0 Å². The van der Waals surface area contributed by atoms with Gasteiger partial charge in [-0.3, -0.25) is 14.2 Å². The van der Waals surface area contributed by atoms with Crippen LogP contribution in [0.4, 0.5) is 0 Å². The lowest BCUT2D eigenvalue weighted by Crippen LogP contribution is -2.10. The Labute approximate surface area is 141 Å². The maximum Gasteiger partial charge on any atom is 0.302 e. The first-order valence-electron chi connectivity index (χ1n) is 7.27. The van der Waals surface area contributed by atoms with Crippen molar-refractivity contribution in [2.45, 2.75) is 13.7 Å². The largest absolute Gasteiger partial charge is 0.463 e. The van der Waals surface area contributed by atoms with Crippen molar-refractivity contribution in [2.75, 3.05) is 13.2 Å². The van der Waals surface area contributed by atoms with E-state index in [-0.39, 0.29) is 30.7 Å². The molecule has 2 aromatic heterocycles. The number of carbonyl (C=O) groups is 1. The minimum Gasteiger partial charge on any atom is -0.463 e. The Morgan fingerprint density at radius 2 is 2.04 bits per heavy atom. The van der Waals surface area contributed by atoms with Crippen molar-refractivity contribution < 1.29 is 14.3 Å². The van der Waals surface area contributed by atoms with Gasteiger partial charge in [-0.2, -0.15) is 0 Å². The fourth-order valence-corrected chi connectivity index (χ4v) is 2.90. The molecule has 7 nitrogen and oxygen atoms in total. The van der Waals surface area contributed by atoms with Gasteiger partial charge in [0.05, 0.1) is 12.9 Å². The van der Waals surface area contributed by atoms with Crippen molar-refractivity contribution in [2.24, 2.45) is 0 Å². The molecule has 3 rings (SSSR count). The molecule has 0 aliphatic heterocycles. The van der Waals surface area contributed by atoms with E-state index in [1.807, 2.05) is 30.3 Å². The average Bonchev–Trinajstić information content (AvgIpc) is 2.99. The summed E-state index contributed by atoms with van der Waals surface area (Å²) < 4.78 is 11.7. The number of imidazole rings is 1. The van der Waals surface area contributed by atoms with Gasteiger partial charge in [0.25, 0.3) is 4.74 Å². The van der Waals surface area contributed by atoms with E-state index in [1.54, 1.807) is 4.57 Å². The molecule has 24 heavy (non-hydrogen) atoms. The van der Waals surface area contributed by atoms with Crippen molar-refractivity contribution >= 4 is 28.5 Å². The van der Waals surface area contributed by atoms with Crippen LogP contribution in [0.25, 0.3) is 21.7 Å². The predicted octanol–water partition coefficient (Wildman–Crippen LogP) is 2.06. The maximum absolute atomic E-state index is 12.2. The minimum absolute atomic E-state index is 0.141. The van der Waals surface area contributed by atoms with Crippen molar-refractivity contribution in [1.82, 2.24) is 14.5 Å². The number of rotatable bonds is 6. The number of aromatic nitrogens is 3. The second kappa shape index (κ2) is 7.33. The number of carbonyl (C=O) groups excluding carboxylic acids is 1. The smallest absolute Gasteiger partial charge is 0.302 e. The van der Waals surface area contributed by atoms with Gasteiger partial charge in [-0.15, -0.1) is 0 Å². The van der Waals surface area contributed by atoms with Crippen LogP contribution < -0.4 is 4.74 Å². The number of hydrogen-bond donors (Lipinski definition) is 0. The van der Waals surface area contributed by atoms with Gasteiger partial charge in [0.1, 0.15) is 18.3 Å². The van der Waals surface area contributed by atoms with E-state index in [0.29, 0.717) is 16.2 Å². The summed E-state index contributed by atoms with van der Waals surface area (Å²) in [5, 5.41) is 0.634. The molecule has 0 unspecified atom stereocenters. The van der Waals surface area contributed by atoms with Crippen molar-refractivity contribution in [1.29, 1.82) is 0 Å². The topological polar surface area (TPSA) is 83.3 Å². The van der Waals surface area contributed by atoms with Crippen LogP contribution in [-0.2, 0) is 21.0 Å². The second-order valence-electron chi connectivity index (χ2n) is 4.94. The SMILES string of the molecule is CC(=O)OCCOCn1cnc2c(=O)sc(-c3ccccc3)nc21. The summed E-state index contributed by atoms with van der Waals surface area (Å²) in [4.78, 5) is 31.6. The van der Waals surface area contributed by atoms with Gasteiger partial charge in [0, 0.05) is 12.5 Å². The van der Waals surface area contributed by atoms with E-state index in [9.17, 15) is 9.59 Å². The first kappa shape index (κ1) is 16.3. The first-order valence-corrected chi connectivity index (χ1v) is 8.09. The third-order valence-corrected chi connectivity index (χ3v) is 4.08. The van der Waals surface area contributed by atoms with Crippen LogP contribution in [0.15, 0.2) is 41.5 Å². The van der Waals surface area contributed by atoms with Crippen LogP contribution >= 0.6 is 11.3 Å². The molecule has 1 aromatic carbocycles. The van der Waals surface area contributed by atoms with Crippen molar-refractivity contribution in [3.8, 4) is 10.6 Å². The number of hydrogen-bond acceptors (Lipinski definition) is 7. The molecule has 0 aliphatic rings. The van der Waals surface area contributed by atoms with Gasteiger partial charge >= 0.3 is 5.97 Å². The lowest BCUT2D eigenvalue weighted by molar-refractivity contribution is -0.142. The summed E-state index contributed by atoms with van der Waals surface area (Å²) >= 11 is 1.07. The van der Waals surface area contributed by atoms with Gasteiger partial charge in [-0.25, -0.2) is 9.97 Å². The molecule has 0 fully saturated rings. The highest BCUT2D eigenvalue weighted by Crippen LogP contribution is 2.21. The normalized spacial score (nSPS) is 10.9. The molecule has 0 atom stereocenters. The Balaban J connectivity index is 1.81. The molecule has 0 saturated heterocycles. The minimum atomic E-state index is -0.349. The molecule has 0 aliphatic carbocycles. The molecule has 2 heterocycles. The fourth-order valence-electron chi connectivity index (χ4n) is 2.10. The summed E-state index contributed by atoms with van der Waals surface area (Å²) in [6.45, 7) is 1.95. The fraction of sp³-hybridized carbons (Fsp3) is 0.250. The molecule has 0 spiro atoms. The maximum atomic E-state index is 12.2. The molecule has 3 aromatic rings. The Kier molecular flexibility index (Phi) is 4.97. The monoisotopic (exact) mass is 345 g/mol. The van der Waals surface area contributed by atoms with E-state index in [4.69, 9.17) is 9.47 Å². The first-order chi connectivity index (χ1) is 11.6. The second-order valence-corrected chi connectivity index (χ2v) is 5.90. The highest BCUT2D eigenvalue weighted by molar-refractivity contribution is 7.13. The lowest BCUT2D eigenvalue weighted by Gasteiger charge is -2.06. The van der Waals surface area contributed by atoms with Gasteiger partial charge in [0.15, 0.2) is 11.2 Å². The van der Waals surface area contributed by atoms with Gasteiger partial charge in [-0.1, -0.05) is 41.7 Å². The summed E-state index contributed by atoms with van der Waals surface area (Å²) in [5.74, 6) is -0.349. The summed E-state index contributed by atoms with van der Waals surface area (Å²) in [5.41, 5.74) is 1.68. The van der Waals surface area contributed by atoms with Gasteiger partial charge in [-0.05, 0) is 0 Å². The Bertz CT molecular complexity index is 905. The van der Waals surface area contributed by atoms with E-state index in [0.717, 1.165) is 16.9 Å². The standard InChI is InChI=1S/C16H15N3O4S/c1-11(20)23-8-7-22-10-19-9-17-13-14(19)18-15(24-16(13)21)12-5-3-2-4-6-12/h2-6,9H,7-8,10H2,1H3. The quantitative estimate of drug-likeness (QED) is 0.502. The molecular weight excluding hydrogens is 330 g/mol.